The quantitative estimate of drug-likeness (QED) is 0.678. The molecule has 0 aliphatic carbocycles. The van der Waals surface area contributed by atoms with Crippen LogP contribution in [0.4, 0.5) is 10.1 Å². The molecule has 1 aliphatic rings. The standard InChI is InChI=1S/C20H16FN3O2/c21-14-3-1-2-13(8-14)16-10-19(25)23-11-17(16)20(26)24-15-5-4-12-6-7-22-18(12)9-15/h1-9,11,16,22H,10H2,(H,23,25)(H,24,26). The minimum absolute atomic E-state index is 0.0956. The van der Waals surface area contributed by atoms with E-state index in [-0.39, 0.29) is 18.2 Å². The van der Waals surface area contributed by atoms with Gasteiger partial charge in [0.05, 0.1) is 0 Å². The number of nitrogens with one attached hydrogen (secondary N) is 3. The van der Waals surface area contributed by atoms with Crippen LogP contribution in [0, 0.1) is 5.82 Å². The second-order valence-corrected chi connectivity index (χ2v) is 6.21. The molecule has 0 radical (unpaired) electrons. The highest BCUT2D eigenvalue weighted by atomic mass is 19.1. The number of halogens is 1. The summed E-state index contributed by atoms with van der Waals surface area (Å²) in [6, 6.07) is 13.5. The number of amides is 2. The van der Waals surface area contributed by atoms with Gasteiger partial charge in [0.2, 0.25) is 5.91 Å². The van der Waals surface area contributed by atoms with Gasteiger partial charge in [0.1, 0.15) is 5.82 Å². The summed E-state index contributed by atoms with van der Waals surface area (Å²) in [4.78, 5) is 27.7. The average molecular weight is 349 g/mol. The Morgan fingerprint density at radius 2 is 2.04 bits per heavy atom. The summed E-state index contributed by atoms with van der Waals surface area (Å²) in [6.45, 7) is 0. The first-order chi connectivity index (χ1) is 12.6. The molecule has 0 saturated carbocycles. The molecule has 1 aromatic heterocycles. The lowest BCUT2D eigenvalue weighted by Crippen LogP contribution is -2.32. The van der Waals surface area contributed by atoms with E-state index in [1.807, 2.05) is 30.5 Å². The molecule has 5 nitrogen and oxygen atoms in total. The Balaban J connectivity index is 1.62. The Kier molecular flexibility index (Phi) is 4.01. The molecular weight excluding hydrogens is 333 g/mol. The van der Waals surface area contributed by atoms with Crippen molar-refractivity contribution < 1.29 is 14.0 Å². The van der Waals surface area contributed by atoms with Crippen molar-refractivity contribution >= 4 is 28.4 Å². The maximum absolute atomic E-state index is 13.6. The van der Waals surface area contributed by atoms with E-state index in [0.29, 0.717) is 16.8 Å². The Hall–Kier alpha value is -3.41. The van der Waals surface area contributed by atoms with Gasteiger partial charge in [0.15, 0.2) is 0 Å². The molecule has 0 bridgehead atoms. The average Bonchev–Trinajstić information content (AvgIpc) is 3.09. The third-order valence-electron chi connectivity index (χ3n) is 4.48. The number of hydrogen-bond acceptors (Lipinski definition) is 2. The molecule has 2 amide bonds. The maximum atomic E-state index is 13.6. The number of rotatable bonds is 3. The van der Waals surface area contributed by atoms with Crippen LogP contribution in [0.5, 0.6) is 0 Å². The van der Waals surface area contributed by atoms with Crippen molar-refractivity contribution in [2.24, 2.45) is 0 Å². The number of hydrogen-bond donors (Lipinski definition) is 3. The normalized spacial score (nSPS) is 16.9. The van der Waals surface area contributed by atoms with Gasteiger partial charge in [-0.15, -0.1) is 0 Å². The van der Waals surface area contributed by atoms with Crippen molar-refractivity contribution in [3.05, 3.63) is 77.9 Å². The molecule has 4 rings (SSSR count). The van der Waals surface area contributed by atoms with E-state index in [4.69, 9.17) is 0 Å². The van der Waals surface area contributed by atoms with E-state index >= 15 is 0 Å². The summed E-state index contributed by atoms with van der Waals surface area (Å²) in [5.41, 5.74) is 2.54. The minimum atomic E-state index is -0.492. The molecule has 0 fully saturated rings. The van der Waals surface area contributed by atoms with Crippen molar-refractivity contribution in [1.82, 2.24) is 10.3 Å². The Morgan fingerprint density at radius 3 is 2.88 bits per heavy atom. The summed E-state index contributed by atoms with van der Waals surface area (Å²) in [5.74, 6) is -1.42. The summed E-state index contributed by atoms with van der Waals surface area (Å²) in [7, 11) is 0. The third-order valence-corrected chi connectivity index (χ3v) is 4.48. The fourth-order valence-corrected chi connectivity index (χ4v) is 3.19. The first kappa shape index (κ1) is 16.1. The fourth-order valence-electron chi connectivity index (χ4n) is 3.19. The molecular formula is C20H16FN3O2. The van der Waals surface area contributed by atoms with Crippen LogP contribution in [0.1, 0.15) is 17.9 Å². The summed E-state index contributed by atoms with van der Waals surface area (Å²) in [6.07, 6.45) is 3.33. The van der Waals surface area contributed by atoms with Gasteiger partial charge < -0.3 is 15.6 Å². The van der Waals surface area contributed by atoms with E-state index in [1.54, 1.807) is 12.1 Å². The van der Waals surface area contributed by atoms with Crippen molar-refractivity contribution in [3.63, 3.8) is 0 Å². The second-order valence-electron chi connectivity index (χ2n) is 6.21. The van der Waals surface area contributed by atoms with Crippen molar-refractivity contribution in [2.75, 3.05) is 5.32 Å². The summed E-state index contributed by atoms with van der Waals surface area (Å²) < 4.78 is 13.6. The van der Waals surface area contributed by atoms with Gasteiger partial charge in [-0.2, -0.15) is 0 Å². The lowest BCUT2D eigenvalue weighted by atomic mass is 9.86. The van der Waals surface area contributed by atoms with Crippen LogP contribution >= 0.6 is 0 Å². The molecule has 1 unspecified atom stereocenters. The highest BCUT2D eigenvalue weighted by molar-refractivity contribution is 6.07. The van der Waals surface area contributed by atoms with Crippen LogP contribution in [0.15, 0.2) is 66.5 Å². The zero-order chi connectivity index (χ0) is 18.1. The molecule has 0 saturated heterocycles. The molecule has 0 spiro atoms. The van der Waals surface area contributed by atoms with Gasteiger partial charge in [-0.3, -0.25) is 9.59 Å². The van der Waals surface area contributed by atoms with E-state index < -0.39 is 11.7 Å². The highest BCUT2D eigenvalue weighted by Gasteiger charge is 2.29. The predicted molar refractivity (Wildman–Crippen MR) is 96.9 cm³/mol. The molecule has 1 aliphatic heterocycles. The Bertz CT molecular complexity index is 1040. The van der Waals surface area contributed by atoms with Gasteiger partial charge in [-0.25, -0.2) is 4.39 Å². The number of anilines is 1. The summed E-state index contributed by atoms with van der Waals surface area (Å²) in [5, 5.41) is 6.47. The third kappa shape index (κ3) is 3.09. The summed E-state index contributed by atoms with van der Waals surface area (Å²) >= 11 is 0. The molecule has 2 aromatic carbocycles. The van der Waals surface area contributed by atoms with Crippen LogP contribution in [0.25, 0.3) is 10.9 Å². The van der Waals surface area contributed by atoms with Crippen LogP contribution in [0.3, 0.4) is 0 Å². The topological polar surface area (TPSA) is 74.0 Å². The van der Waals surface area contributed by atoms with Crippen LogP contribution in [-0.2, 0) is 9.59 Å². The lowest BCUT2D eigenvalue weighted by Gasteiger charge is -2.24. The van der Waals surface area contributed by atoms with E-state index in [9.17, 15) is 14.0 Å². The van der Waals surface area contributed by atoms with Crippen LogP contribution in [0.2, 0.25) is 0 Å². The van der Waals surface area contributed by atoms with Gasteiger partial charge in [-0.1, -0.05) is 18.2 Å². The van der Waals surface area contributed by atoms with Crippen molar-refractivity contribution in [2.45, 2.75) is 12.3 Å². The zero-order valence-corrected chi connectivity index (χ0v) is 13.8. The Morgan fingerprint density at radius 1 is 1.15 bits per heavy atom. The zero-order valence-electron chi connectivity index (χ0n) is 13.8. The van der Waals surface area contributed by atoms with E-state index in [0.717, 1.165) is 10.9 Å². The number of carbonyl (C=O) groups excluding carboxylic acids is 2. The van der Waals surface area contributed by atoms with Crippen molar-refractivity contribution in [3.8, 4) is 0 Å². The van der Waals surface area contributed by atoms with Gasteiger partial charge >= 0.3 is 0 Å². The molecule has 3 N–H and O–H groups in total. The number of aromatic amines is 1. The molecule has 130 valence electrons. The number of aromatic nitrogens is 1. The van der Waals surface area contributed by atoms with Crippen molar-refractivity contribution in [1.29, 1.82) is 0 Å². The number of benzene rings is 2. The highest BCUT2D eigenvalue weighted by Crippen LogP contribution is 2.31. The minimum Gasteiger partial charge on any atom is -0.361 e. The monoisotopic (exact) mass is 349 g/mol. The second kappa shape index (κ2) is 6.48. The van der Waals surface area contributed by atoms with Gasteiger partial charge in [0, 0.05) is 41.5 Å². The van der Waals surface area contributed by atoms with Crippen LogP contribution < -0.4 is 10.6 Å². The SMILES string of the molecule is O=C1CC(c2cccc(F)c2)C(C(=O)Nc2ccc3cc[nH]c3c2)=CN1. The predicted octanol–water partition coefficient (Wildman–Crippen LogP) is 3.43. The molecule has 6 heteroatoms. The number of H-pyrrole nitrogens is 1. The first-order valence-electron chi connectivity index (χ1n) is 8.23. The smallest absolute Gasteiger partial charge is 0.253 e. The molecule has 26 heavy (non-hydrogen) atoms. The van der Waals surface area contributed by atoms with E-state index in [2.05, 4.69) is 15.6 Å². The van der Waals surface area contributed by atoms with Gasteiger partial charge in [-0.05, 0) is 41.3 Å². The molecule has 1 atom stereocenters. The number of carbonyl (C=O) groups is 2. The number of fused-ring (bicyclic) bond motifs is 1. The largest absolute Gasteiger partial charge is 0.361 e. The Labute approximate surface area is 148 Å². The first-order valence-corrected chi connectivity index (χ1v) is 8.23. The molecule has 3 aromatic rings. The van der Waals surface area contributed by atoms with Crippen LogP contribution in [-0.4, -0.2) is 16.8 Å². The van der Waals surface area contributed by atoms with Gasteiger partial charge in [0.25, 0.3) is 5.91 Å². The fraction of sp³-hybridized carbons (Fsp3) is 0.100. The van der Waals surface area contributed by atoms with E-state index in [1.165, 1.54) is 18.3 Å². The molecule has 2 heterocycles. The maximum Gasteiger partial charge on any atom is 0.253 e. The lowest BCUT2D eigenvalue weighted by molar-refractivity contribution is -0.121.